The number of aromatic nitrogens is 2. The topological polar surface area (TPSA) is 84.1 Å². The standard InChI is InChI=1S/C24H21N3O3/c1-2-21(23(28)27-20-12-11-16-5-3-4-6-19(16)15-20)30-24(29)18-9-7-17(8-10-18)22-25-13-14-26-22/h3-15,21H,2H2,1H3,(H,25,26)(H,27,28). The van der Waals surface area contributed by atoms with Gasteiger partial charge in [-0.25, -0.2) is 9.78 Å². The van der Waals surface area contributed by atoms with E-state index < -0.39 is 12.1 Å². The van der Waals surface area contributed by atoms with E-state index in [9.17, 15) is 9.59 Å². The molecule has 2 N–H and O–H groups in total. The summed E-state index contributed by atoms with van der Waals surface area (Å²) < 4.78 is 5.46. The molecule has 0 radical (unpaired) electrons. The first-order valence-corrected chi connectivity index (χ1v) is 9.74. The van der Waals surface area contributed by atoms with Crippen LogP contribution in [0.25, 0.3) is 22.2 Å². The molecule has 150 valence electrons. The van der Waals surface area contributed by atoms with E-state index in [1.54, 1.807) is 43.6 Å². The van der Waals surface area contributed by atoms with Crippen molar-refractivity contribution in [1.29, 1.82) is 0 Å². The summed E-state index contributed by atoms with van der Waals surface area (Å²) in [6.45, 7) is 1.80. The Labute approximate surface area is 173 Å². The Balaban J connectivity index is 1.42. The van der Waals surface area contributed by atoms with Gasteiger partial charge in [-0.3, -0.25) is 4.79 Å². The number of fused-ring (bicyclic) bond motifs is 1. The van der Waals surface area contributed by atoms with E-state index in [-0.39, 0.29) is 5.91 Å². The van der Waals surface area contributed by atoms with Crippen LogP contribution in [0.4, 0.5) is 5.69 Å². The number of hydrogen-bond acceptors (Lipinski definition) is 4. The summed E-state index contributed by atoms with van der Waals surface area (Å²) in [5, 5.41) is 4.96. The highest BCUT2D eigenvalue weighted by Gasteiger charge is 2.22. The number of esters is 1. The van der Waals surface area contributed by atoms with Gasteiger partial charge in [-0.1, -0.05) is 49.4 Å². The molecule has 1 heterocycles. The van der Waals surface area contributed by atoms with Gasteiger partial charge in [0, 0.05) is 23.6 Å². The lowest BCUT2D eigenvalue weighted by atomic mass is 10.1. The Kier molecular flexibility index (Phi) is 5.57. The van der Waals surface area contributed by atoms with E-state index >= 15 is 0 Å². The van der Waals surface area contributed by atoms with Gasteiger partial charge in [-0.2, -0.15) is 0 Å². The number of imidazole rings is 1. The number of ether oxygens (including phenoxy) is 1. The maximum atomic E-state index is 12.7. The highest BCUT2D eigenvalue weighted by atomic mass is 16.5. The molecule has 4 rings (SSSR count). The summed E-state index contributed by atoms with van der Waals surface area (Å²) in [7, 11) is 0. The first-order valence-electron chi connectivity index (χ1n) is 9.74. The number of carbonyl (C=O) groups excluding carboxylic acids is 2. The number of nitrogens with zero attached hydrogens (tertiary/aromatic N) is 1. The Morgan fingerprint density at radius 3 is 2.50 bits per heavy atom. The average Bonchev–Trinajstić information content (AvgIpc) is 3.32. The van der Waals surface area contributed by atoms with Crippen LogP contribution in [-0.4, -0.2) is 27.9 Å². The summed E-state index contributed by atoms with van der Waals surface area (Å²) in [6.07, 6.45) is 2.89. The summed E-state index contributed by atoms with van der Waals surface area (Å²) in [6, 6.07) is 20.5. The van der Waals surface area contributed by atoms with Gasteiger partial charge in [-0.05, 0) is 41.5 Å². The maximum absolute atomic E-state index is 12.7. The minimum atomic E-state index is -0.881. The molecule has 6 heteroatoms. The number of amides is 1. The van der Waals surface area contributed by atoms with E-state index in [1.165, 1.54) is 0 Å². The Morgan fingerprint density at radius 1 is 1.03 bits per heavy atom. The fourth-order valence-corrected chi connectivity index (χ4v) is 3.20. The zero-order valence-corrected chi connectivity index (χ0v) is 16.5. The van der Waals surface area contributed by atoms with Crippen LogP contribution in [-0.2, 0) is 9.53 Å². The van der Waals surface area contributed by atoms with Crippen molar-refractivity contribution in [3.8, 4) is 11.4 Å². The summed E-state index contributed by atoms with van der Waals surface area (Å²) >= 11 is 0. The number of carbonyl (C=O) groups is 2. The fourth-order valence-electron chi connectivity index (χ4n) is 3.20. The normalized spacial score (nSPS) is 11.8. The van der Waals surface area contributed by atoms with Crippen LogP contribution in [0.1, 0.15) is 23.7 Å². The molecule has 0 bridgehead atoms. The molecule has 4 aromatic rings. The summed E-state index contributed by atoms with van der Waals surface area (Å²) in [5.41, 5.74) is 1.90. The quantitative estimate of drug-likeness (QED) is 0.456. The molecule has 0 aliphatic heterocycles. The Hall–Kier alpha value is -3.93. The van der Waals surface area contributed by atoms with Crippen LogP contribution < -0.4 is 5.32 Å². The Morgan fingerprint density at radius 2 is 1.80 bits per heavy atom. The van der Waals surface area contributed by atoms with Crippen molar-refractivity contribution in [1.82, 2.24) is 9.97 Å². The number of rotatable bonds is 6. The van der Waals surface area contributed by atoms with Crippen LogP contribution in [0.15, 0.2) is 79.1 Å². The maximum Gasteiger partial charge on any atom is 0.338 e. The van der Waals surface area contributed by atoms with Crippen molar-refractivity contribution in [3.05, 3.63) is 84.7 Å². The summed E-state index contributed by atoms with van der Waals surface area (Å²) in [5.74, 6) is -0.175. The van der Waals surface area contributed by atoms with Gasteiger partial charge in [-0.15, -0.1) is 0 Å². The third-order valence-electron chi connectivity index (χ3n) is 4.82. The van der Waals surface area contributed by atoms with Gasteiger partial charge in [0.15, 0.2) is 6.10 Å². The number of hydrogen-bond donors (Lipinski definition) is 2. The van der Waals surface area contributed by atoms with Crippen LogP contribution in [0.3, 0.4) is 0 Å². The lowest BCUT2D eigenvalue weighted by molar-refractivity contribution is -0.124. The van der Waals surface area contributed by atoms with E-state index in [4.69, 9.17) is 4.74 Å². The number of anilines is 1. The SMILES string of the molecule is CCC(OC(=O)c1ccc(-c2ncc[nH]2)cc1)C(=O)Nc1ccc2ccccc2c1. The molecular weight excluding hydrogens is 378 g/mol. The minimum Gasteiger partial charge on any atom is -0.449 e. The van der Waals surface area contributed by atoms with E-state index in [1.807, 2.05) is 42.5 Å². The number of benzene rings is 3. The van der Waals surface area contributed by atoms with Crippen molar-refractivity contribution >= 4 is 28.3 Å². The van der Waals surface area contributed by atoms with Crippen molar-refractivity contribution in [2.24, 2.45) is 0 Å². The lowest BCUT2D eigenvalue weighted by Crippen LogP contribution is -2.32. The molecule has 0 saturated heterocycles. The smallest absolute Gasteiger partial charge is 0.338 e. The van der Waals surface area contributed by atoms with Crippen molar-refractivity contribution in [2.45, 2.75) is 19.4 Å². The molecule has 1 aromatic heterocycles. The van der Waals surface area contributed by atoms with Crippen molar-refractivity contribution in [3.63, 3.8) is 0 Å². The highest BCUT2D eigenvalue weighted by molar-refractivity contribution is 5.99. The molecule has 30 heavy (non-hydrogen) atoms. The van der Waals surface area contributed by atoms with Gasteiger partial charge in [0.1, 0.15) is 5.82 Å². The molecule has 0 spiro atoms. The van der Waals surface area contributed by atoms with Gasteiger partial charge in [0.05, 0.1) is 5.56 Å². The number of aromatic amines is 1. The predicted octanol–water partition coefficient (Wildman–Crippen LogP) is 4.80. The average molecular weight is 399 g/mol. The van der Waals surface area contributed by atoms with Crippen LogP contribution in [0.5, 0.6) is 0 Å². The second-order valence-electron chi connectivity index (χ2n) is 6.87. The Bertz CT molecular complexity index is 1170. The molecule has 1 amide bonds. The number of H-pyrrole nitrogens is 1. The van der Waals surface area contributed by atoms with E-state index in [2.05, 4.69) is 15.3 Å². The van der Waals surface area contributed by atoms with Crippen molar-refractivity contribution < 1.29 is 14.3 Å². The molecule has 1 unspecified atom stereocenters. The summed E-state index contributed by atoms with van der Waals surface area (Å²) in [4.78, 5) is 32.4. The second-order valence-corrected chi connectivity index (χ2v) is 6.87. The molecule has 0 aliphatic rings. The molecule has 0 aliphatic carbocycles. The molecule has 0 fully saturated rings. The minimum absolute atomic E-state index is 0.353. The van der Waals surface area contributed by atoms with Crippen molar-refractivity contribution in [2.75, 3.05) is 5.32 Å². The molecule has 1 atom stereocenters. The third-order valence-corrected chi connectivity index (χ3v) is 4.82. The second kappa shape index (κ2) is 8.61. The zero-order chi connectivity index (χ0) is 20.9. The van der Waals surface area contributed by atoms with Gasteiger partial charge < -0.3 is 15.0 Å². The fraction of sp³-hybridized carbons (Fsp3) is 0.125. The van der Waals surface area contributed by atoms with Gasteiger partial charge >= 0.3 is 5.97 Å². The largest absolute Gasteiger partial charge is 0.449 e. The van der Waals surface area contributed by atoms with Crippen LogP contribution in [0.2, 0.25) is 0 Å². The first kappa shape index (κ1) is 19.4. The highest BCUT2D eigenvalue weighted by Crippen LogP contribution is 2.20. The van der Waals surface area contributed by atoms with Gasteiger partial charge in [0.2, 0.25) is 0 Å². The predicted molar refractivity (Wildman–Crippen MR) is 116 cm³/mol. The lowest BCUT2D eigenvalue weighted by Gasteiger charge is -2.16. The monoisotopic (exact) mass is 399 g/mol. The van der Waals surface area contributed by atoms with E-state index in [0.29, 0.717) is 17.7 Å². The van der Waals surface area contributed by atoms with E-state index in [0.717, 1.165) is 22.2 Å². The molecule has 3 aromatic carbocycles. The number of nitrogens with one attached hydrogen (secondary N) is 2. The van der Waals surface area contributed by atoms with Crippen LogP contribution >= 0.6 is 0 Å². The zero-order valence-electron chi connectivity index (χ0n) is 16.5. The molecule has 6 nitrogen and oxygen atoms in total. The van der Waals surface area contributed by atoms with Crippen LogP contribution in [0, 0.1) is 0 Å². The first-order chi connectivity index (χ1) is 14.6. The van der Waals surface area contributed by atoms with Gasteiger partial charge in [0.25, 0.3) is 5.91 Å². The molecule has 0 saturated carbocycles. The third kappa shape index (κ3) is 4.22. The molecular formula is C24H21N3O3.